The van der Waals surface area contributed by atoms with Crippen LogP contribution in [-0.2, 0) is 26.2 Å². The zero-order valence-corrected chi connectivity index (χ0v) is 20.4. The number of ether oxygens (including phenoxy) is 1. The van der Waals surface area contributed by atoms with E-state index in [-0.39, 0.29) is 5.56 Å². The molecular formula is C28H28N6O2. The van der Waals surface area contributed by atoms with E-state index in [0.717, 1.165) is 39.2 Å². The third-order valence-electron chi connectivity index (χ3n) is 6.20. The fourth-order valence-electron chi connectivity index (χ4n) is 4.39. The zero-order chi connectivity index (χ0) is 24.9. The van der Waals surface area contributed by atoms with E-state index < -0.39 is 0 Å². The van der Waals surface area contributed by atoms with Crippen LogP contribution >= 0.6 is 0 Å². The van der Waals surface area contributed by atoms with E-state index in [1.165, 1.54) is 0 Å². The quantitative estimate of drug-likeness (QED) is 0.342. The molecule has 5 rings (SSSR count). The summed E-state index contributed by atoms with van der Waals surface area (Å²) in [5.74, 6) is 1.52. The van der Waals surface area contributed by atoms with Crippen LogP contribution in [0.2, 0.25) is 0 Å². The first-order valence-corrected chi connectivity index (χ1v) is 11.8. The molecule has 5 aromatic rings. The van der Waals surface area contributed by atoms with Gasteiger partial charge in [-0.2, -0.15) is 0 Å². The van der Waals surface area contributed by atoms with Crippen LogP contribution in [0.1, 0.15) is 28.1 Å². The van der Waals surface area contributed by atoms with E-state index in [1.807, 2.05) is 67.6 Å². The minimum Gasteiger partial charge on any atom is -0.496 e. The Morgan fingerprint density at radius 3 is 2.53 bits per heavy atom. The van der Waals surface area contributed by atoms with Gasteiger partial charge in [0, 0.05) is 29.7 Å². The number of aromatic amines is 1. The first kappa shape index (κ1) is 23.4. The molecule has 1 N–H and O–H groups in total. The van der Waals surface area contributed by atoms with Gasteiger partial charge in [0.15, 0.2) is 5.82 Å². The second kappa shape index (κ2) is 10.5. The lowest BCUT2D eigenvalue weighted by atomic mass is 10.1. The summed E-state index contributed by atoms with van der Waals surface area (Å²) in [5, 5.41) is 13.5. The summed E-state index contributed by atoms with van der Waals surface area (Å²) in [7, 11) is 1.67. The van der Waals surface area contributed by atoms with Gasteiger partial charge in [-0.25, -0.2) is 4.68 Å². The molecule has 0 spiro atoms. The van der Waals surface area contributed by atoms with Crippen molar-refractivity contribution in [2.24, 2.45) is 0 Å². The predicted octanol–water partition coefficient (Wildman–Crippen LogP) is 4.08. The van der Waals surface area contributed by atoms with Gasteiger partial charge in [0.1, 0.15) is 5.75 Å². The van der Waals surface area contributed by atoms with Crippen molar-refractivity contribution in [3.8, 4) is 5.75 Å². The standard InChI is InChI=1S/C28H28N6O2/c1-20-12-13-25-23(14-20)15-24(28(35)29-25)18-33(17-22-10-6-7-11-26(22)36-2)19-27-30-31-32-34(27)16-21-8-4-3-5-9-21/h3-15H,16-19H2,1-2H3,(H,29,35). The number of methoxy groups -OCH3 is 1. The van der Waals surface area contributed by atoms with E-state index in [1.54, 1.807) is 11.8 Å². The van der Waals surface area contributed by atoms with E-state index in [2.05, 4.69) is 43.6 Å². The number of aromatic nitrogens is 5. The van der Waals surface area contributed by atoms with Crippen LogP contribution in [0.25, 0.3) is 10.9 Å². The van der Waals surface area contributed by atoms with E-state index in [0.29, 0.717) is 31.7 Å². The van der Waals surface area contributed by atoms with Crippen molar-refractivity contribution in [3.63, 3.8) is 0 Å². The number of para-hydroxylation sites is 1. The molecule has 0 radical (unpaired) electrons. The third-order valence-corrected chi connectivity index (χ3v) is 6.20. The van der Waals surface area contributed by atoms with Crippen molar-refractivity contribution in [3.05, 3.63) is 117 Å². The Morgan fingerprint density at radius 2 is 1.69 bits per heavy atom. The average molecular weight is 481 g/mol. The van der Waals surface area contributed by atoms with Crippen LogP contribution in [0, 0.1) is 6.92 Å². The summed E-state index contributed by atoms with van der Waals surface area (Å²) < 4.78 is 7.39. The Kier molecular flexibility index (Phi) is 6.86. The molecule has 36 heavy (non-hydrogen) atoms. The van der Waals surface area contributed by atoms with Crippen molar-refractivity contribution in [2.45, 2.75) is 33.1 Å². The first-order valence-electron chi connectivity index (χ1n) is 11.8. The molecule has 8 nitrogen and oxygen atoms in total. The third kappa shape index (κ3) is 5.34. The van der Waals surface area contributed by atoms with Crippen LogP contribution in [-0.4, -0.2) is 37.2 Å². The van der Waals surface area contributed by atoms with Crippen molar-refractivity contribution in [1.82, 2.24) is 30.1 Å². The van der Waals surface area contributed by atoms with Crippen molar-refractivity contribution < 1.29 is 4.74 Å². The van der Waals surface area contributed by atoms with Crippen LogP contribution < -0.4 is 10.3 Å². The number of aryl methyl sites for hydroxylation is 1. The van der Waals surface area contributed by atoms with Gasteiger partial charge in [-0.15, -0.1) is 5.10 Å². The largest absolute Gasteiger partial charge is 0.496 e. The summed E-state index contributed by atoms with van der Waals surface area (Å²) in [6.45, 7) is 4.07. The summed E-state index contributed by atoms with van der Waals surface area (Å²) >= 11 is 0. The molecule has 0 bridgehead atoms. The van der Waals surface area contributed by atoms with Gasteiger partial charge in [0.25, 0.3) is 5.56 Å². The minimum absolute atomic E-state index is 0.0970. The number of fused-ring (bicyclic) bond motifs is 1. The molecule has 0 aliphatic heterocycles. The number of benzene rings is 3. The molecule has 0 amide bonds. The summed E-state index contributed by atoms with van der Waals surface area (Å²) in [4.78, 5) is 18.2. The van der Waals surface area contributed by atoms with Crippen LogP contribution in [0.4, 0.5) is 0 Å². The highest BCUT2D eigenvalue weighted by atomic mass is 16.5. The lowest BCUT2D eigenvalue weighted by Gasteiger charge is -2.23. The molecule has 8 heteroatoms. The molecule has 0 fully saturated rings. The molecule has 0 aliphatic carbocycles. The van der Waals surface area contributed by atoms with Crippen molar-refractivity contribution in [1.29, 1.82) is 0 Å². The van der Waals surface area contributed by atoms with Crippen molar-refractivity contribution in [2.75, 3.05) is 7.11 Å². The second-order valence-corrected chi connectivity index (χ2v) is 8.91. The fourth-order valence-corrected chi connectivity index (χ4v) is 4.39. The van der Waals surface area contributed by atoms with E-state index in [9.17, 15) is 4.79 Å². The highest BCUT2D eigenvalue weighted by molar-refractivity contribution is 5.79. The SMILES string of the molecule is COc1ccccc1CN(Cc1cc2cc(C)ccc2[nH]c1=O)Cc1nnnn1Cc1ccccc1. The van der Waals surface area contributed by atoms with Gasteiger partial charge in [-0.1, -0.05) is 60.2 Å². The zero-order valence-electron chi connectivity index (χ0n) is 20.4. The Morgan fingerprint density at radius 1 is 0.917 bits per heavy atom. The Hall–Kier alpha value is -4.30. The molecule has 2 aromatic heterocycles. The van der Waals surface area contributed by atoms with E-state index in [4.69, 9.17) is 4.74 Å². The monoisotopic (exact) mass is 480 g/mol. The highest BCUT2D eigenvalue weighted by Crippen LogP contribution is 2.22. The Labute approximate surface area is 209 Å². The maximum absolute atomic E-state index is 13.0. The van der Waals surface area contributed by atoms with Gasteiger partial charge in [-0.05, 0) is 52.6 Å². The highest BCUT2D eigenvalue weighted by Gasteiger charge is 2.17. The van der Waals surface area contributed by atoms with Gasteiger partial charge in [0.05, 0.1) is 20.2 Å². The van der Waals surface area contributed by atoms with Gasteiger partial charge < -0.3 is 9.72 Å². The van der Waals surface area contributed by atoms with Gasteiger partial charge >= 0.3 is 0 Å². The number of nitrogens with zero attached hydrogens (tertiary/aromatic N) is 5. The lowest BCUT2D eigenvalue weighted by Crippen LogP contribution is -2.28. The minimum atomic E-state index is -0.0970. The average Bonchev–Trinajstić information content (AvgIpc) is 3.32. The first-order chi connectivity index (χ1) is 17.6. The second-order valence-electron chi connectivity index (χ2n) is 8.91. The number of hydrogen-bond acceptors (Lipinski definition) is 6. The van der Waals surface area contributed by atoms with Gasteiger partial charge in [0.2, 0.25) is 0 Å². The van der Waals surface area contributed by atoms with Crippen LogP contribution in [0.3, 0.4) is 0 Å². The smallest absolute Gasteiger partial charge is 0.252 e. The summed E-state index contributed by atoms with van der Waals surface area (Å²) in [6, 6.07) is 26.0. The Bertz CT molecular complexity index is 1530. The number of pyridine rings is 1. The molecule has 0 atom stereocenters. The number of nitrogens with one attached hydrogen (secondary N) is 1. The molecule has 2 heterocycles. The molecule has 0 saturated carbocycles. The normalized spacial score (nSPS) is 11.3. The Balaban J connectivity index is 1.47. The summed E-state index contributed by atoms with van der Waals surface area (Å²) in [5.41, 5.74) is 4.70. The maximum atomic E-state index is 13.0. The number of H-pyrrole nitrogens is 1. The molecule has 0 unspecified atom stereocenters. The molecule has 0 saturated heterocycles. The van der Waals surface area contributed by atoms with Gasteiger partial charge in [-0.3, -0.25) is 9.69 Å². The number of hydrogen-bond donors (Lipinski definition) is 1. The number of tetrazole rings is 1. The lowest BCUT2D eigenvalue weighted by molar-refractivity contribution is 0.232. The topological polar surface area (TPSA) is 88.9 Å². The molecular weight excluding hydrogens is 452 g/mol. The maximum Gasteiger partial charge on any atom is 0.252 e. The van der Waals surface area contributed by atoms with E-state index >= 15 is 0 Å². The molecule has 0 aliphatic rings. The molecule has 182 valence electrons. The predicted molar refractivity (Wildman–Crippen MR) is 139 cm³/mol. The summed E-state index contributed by atoms with van der Waals surface area (Å²) in [6.07, 6.45) is 0. The molecule has 3 aromatic carbocycles. The van der Waals surface area contributed by atoms with Crippen LogP contribution in [0.5, 0.6) is 5.75 Å². The number of rotatable bonds is 9. The van der Waals surface area contributed by atoms with Crippen molar-refractivity contribution >= 4 is 10.9 Å². The fraction of sp³-hybridized carbons (Fsp3) is 0.214. The van der Waals surface area contributed by atoms with Crippen LogP contribution in [0.15, 0.2) is 83.7 Å².